The SMILES string of the molecule is CC(C)C(O)C(NC(=O)O)c1c(Cl)cccc1Cl. The van der Waals surface area contributed by atoms with Gasteiger partial charge in [0.2, 0.25) is 0 Å². The van der Waals surface area contributed by atoms with E-state index in [-0.39, 0.29) is 5.92 Å². The number of aliphatic hydroxyl groups is 1. The van der Waals surface area contributed by atoms with Gasteiger partial charge in [-0.3, -0.25) is 0 Å². The van der Waals surface area contributed by atoms with Crippen molar-refractivity contribution < 1.29 is 15.0 Å². The maximum atomic E-state index is 10.8. The number of halogens is 2. The molecule has 1 amide bonds. The summed E-state index contributed by atoms with van der Waals surface area (Å²) < 4.78 is 0. The van der Waals surface area contributed by atoms with Crippen LogP contribution in [0.3, 0.4) is 0 Å². The van der Waals surface area contributed by atoms with Gasteiger partial charge in [-0.15, -0.1) is 0 Å². The summed E-state index contributed by atoms with van der Waals surface area (Å²) in [5.41, 5.74) is 0.393. The molecule has 6 heteroatoms. The number of carbonyl (C=O) groups is 1. The van der Waals surface area contributed by atoms with Crippen molar-refractivity contribution in [2.45, 2.75) is 26.0 Å². The fourth-order valence-electron chi connectivity index (χ4n) is 1.65. The summed E-state index contributed by atoms with van der Waals surface area (Å²) in [5, 5.41) is 21.8. The molecule has 3 N–H and O–H groups in total. The molecule has 1 aromatic carbocycles. The maximum Gasteiger partial charge on any atom is 0.405 e. The standard InChI is InChI=1S/C12H15Cl2NO3/c1-6(2)11(16)10(15-12(17)18)9-7(13)4-3-5-8(9)14/h3-6,10-11,15-16H,1-2H3,(H,17,18). The van der Waals surface area contributed by atoms with E-state index in [0.717, 1.165) is 0 Å². The molecule has 0 fully saturated rings. The molecule has 0 saturated carbocycles. The quantitative estimate of drug-likeness (QED) is 0.797. The normalized spacial score (nSPS) is 14.3. The minimum absolute atomic E-state index is 0.144. The Labute approximate surface area is 116 Å². The summed E-state index contributed by atoms with van der Waals surface area (Å²) >= 11 is 12.1. The van der Waals surface area contributed by atoms with Gasteiger partial charge < -0.3 is 15.5 Å². The molecule has 2 atom stereocenters. The molecule has 1 aromatic rings. The minimum Gasteiger partial charge on any atom is -0.465 e. The van der Waals surface area contributed by atoms with E-state index in [1.807, 2.05) is 0 Å². The van der Waals surface area contributed by atoms with Gasteiger partial charge in [-0.2, -0.15) is 0 Å². The number of rotatable bonds is 4. The van der Waals surface area contributed by atoms with Crippen LogP contribution in [0.25, 0.3) is 0 Å². The summed E-state index contributed by atoms with van der Waals surface area (Å²) in [6.07, 6.45) is -2.16. The van der Waals surface area contributed by atoms with Crippen LogP contribution in [0.4, 0.5) is 4.79 Å². The third kappa shape index (κ3) is 3.51. The highest BCUT2D eigenvalue weighted by molar-refractivity contribution is 6.36. The van der Waals surface area contributed by atoms with E-state index in [1.165, 1.54) is 0 Å². The maximum absolute atomic E-state index is 10.8. The Morgan fingerprint density at radius 2 is 1.78 bits per heavy atom. The Kier molecular flexibility index (Phi) is 5.26. The van der Waals surface area contributed by atoms with Crippen LogP contribution in [0.2, 0.25) is 10.0 Å². The molecular weight excluding hydrogens is 277 g/mol. The molecule has 0 aliphatic carbocycles. The van der Waals surface area contributed by atoms with E-state index in [2.05, 4.69) is 5.32 Å². The Hall–Kier alpha value is -0.970. The van der Waals surface area contributed by atoms with Crippen molar-refractivity contribution in [3.05, 3.63) is 33.8 Å². The van der Waals surface area contributed by atoms with Gasteiger partial charge in [0.05, 0.1) is 12.1 Å². The molecule has 1 rings (SSSR count). The Morgan fingerprint density at radius 3 is 2.17 bits per heavy atom. The van der Waals surface area contributed by atoms with Crippen LogP contribution in [0.1, 0.15) is 25.5 Å². The van der Waals surface area contributed by atoms with E-state index < -0.39 is 18.2 Å². The molecule has 100 valence electrons. The number of benzene rings is 1. The lowest BCUT2D eigenvalue weighted by Crippen LogP contribution is -2.38. The Balaban J connectivity index is 3.21. The van der Waals surface area contributed by atoms with Gasteiger partial charge in [-0.1, -0.05) is 43.1 Å². The van der Waals surface area contributed by atoms with Gasteiger partial charge in [-0.05, 0) is 18.1 Å². The molecule has 4 nitrogen and oxygen atoms in total. The molecule has 18 heavy (non-hydrogen) atoms. The average molecular weight is 292 g/mol. The third-order valence-electron chi connectivity index (χ3n) is 2.61. The molecule has 0 radical (unpaired) electrons. The van der Waals surface area contributed by atoms with Gasteiger partial charge in [0.15, 0.2) is 0 Å². The third-order valence-corrected chi connectivity index (χ3v) is 3.27. The summed E-state index contributed by atoms with van der Waals surface area (Å²) in [5.74, 6) is -0.144. The zero-order chi connectivity index (χ0) is 13.9. The zero-order valence-corrected chi connectivity index (χ0v) is 11.5. The predicted molar refractivity (Wildman–Crippen MR) is 71.2 cm³/mol. The van der Waals surface area contributed by atoms with Crippen molar-refractivity contribution >= 4 is 29.3 Å². The van der Waals surface area contributed by atoms with E-state index in [0.29, 0.717) is 15.6 Å². The topological polar surface area (TPSA) is 69.6 Å². The first-order valence-electron chi connectivity index (χ1n) is 5.46. The number of carboxylic acid groups (broad SMARTS) is 1. The van der Waals surface area contributed by atoms with Crippen LogP contribution < -0.4 is 5.32 Å². The minimum atomic E-state index is -1.24. The average Bonchev–Trinajstić information content (AvgIpc) is 2.25. The zero-order valence-electron chi connectivity index (χ0n) is 10.0. The first kappa shape index (κ1) is 15.1. The number of hydrogen-bond donors (Lipinski definition) is 3. The second-order valence-electron chi connectivity index (χ2n) is 4.30. The molecule has 0 heterocycles. The van der Waals surface area contributed by atoms with Crippen LogP contribution in [-0.2, 0) is 0 Å². The van der Waals surface area contributed by atoms with Crippen LogP contribution in [0.15, 0.2) is 18.2 Å². The lowest BCUT2D eigenvalue weighted by atomic mass is 9.93. The second-order valence-corrected chi connectivity index (χ2v) is 5.11. The molecule has 0 saturated heterocycles. The van der Waals surface area contributed by atoms with Crippen LogP contribution in [0, 0.1) is 5.92 Å². The van der Waals surface area contributed by atoms with Crippen molar-refractivity contribution in [2.24, 2.45) is 5.92 Å². The molecule has 0 aliphatic heterocycles. The molecule has 0 aliphatic rings. The monoisotopic (exact) mass is 291 g/mol. The van der Waals surface area contributed by atoms with Crippen molar-refractivity contribution in [1.29, 1.82) is 0 Å². The number of amides is 1. The van der Waals surface area contributed by atoms with Crippen LogP contribution in [0.5, 0.6) is 0 Å². The highest BCUT2D eigenvalue weighted by atomic mass is 35.5. The molecular formula is C12H15Cl2NO3. The molecule has 0 spiro atoms. The second kappa shape index (κ2) is 6.27. The lowest BCUT2D eigenvalue weighted by Gasteiger charge is -2.27. The fourth-order valence-corrected chi connectivity index (χ4v) is 2.29. The van der Waals surface area contributed by atoms with Crippen molar-refractivity contribution in [3.8, 4) is 0 Å². The number of hydrogen-bond acceptors (Lipinski definition) is 2. The Bertz CT molecular complexity index is 417. The van der Waals surface area contributed by atoms with Gasteiger partial charge in [0.1, 0.15) is 0 Å². The van der Waals surface area contributed by atoms with Crippen molar-refractivity contribution in [1.82, 2.24) is 5.32 Å². The van der Waals surface area contributed by atoms with Gasteiger partial charge in [-0.25, -0.2) is 4.79 Å². The number of aliphatic hydroxyl groups excluding tert-OH is 1. The highest BCUT2D eigenvalue weighted by Gasteiger charge is 2.29. The van der Waals surface area contributed by atoms with Crippen molar-refractivity contribution in [3.63, 3.8) is 0 Å². The summed E-state index contributed by atoms with van der Waals surface area (Å²) in [6, 6.07) is 4.01. The van der Waals surface area contributed by atoms with E-state index in [9.17, 15) is 9.90 Å². The van der Waals surface area contributed by atoms with Crippen LogP contribution >= 0.6 is 23.2 Å². The largest absolute Gasteiger partial charge is 0.465 e. The van der Waals surface area contributed by atoms with E-state index in [4.69, 9.17) is 28.3 Å². The molecule has 0 bridgehead atoms. The Morgan fingerprint density at radius 1 is 1.28 bits per heavy atom. The summed E-state index contributed by atoms with van der Waals surface area (Å²) in [4.78, 5) is 10.8. The molecule has 2 unspecified atom stereocenters. The van der Waals surface area contributed by atoms with E-state index in [1.54, 1.807) is 32.0 Å². The number of nitrogens with one attached hydrogen (secondary N) is 1. The summed E-state index contributed by atoms with van der Waals surface area (Å²) in [7, 11) is 0. The first-order valence-corrected chi connectivity index (χ1v) is 6.21. The van der Waals surface area contributed by atoms with Gasteiger partial charge in [0, 0.05) is 15.6 Å². The molecule has 0 aromatic heterocycles. The smallest absolute Gasteiger partial charge is 0.405 e. The summed E-state index contributed by atoms with van der Waals surface area (Å²) in [6.45, 7) is 3.57. The predicted octanol–water partition coefficient (Wildman–Crippen LogP) is 3.32. The van der Waals surface area contributed by atoms with Gasteiger partial charge >= 0.3 is 6.09 Å². The lowest BCUT2D eigenvalue weighted by molar-refractivity contribution is 0.0810. The van der Waals surface area contributed by atoms with Crippen LogP contribution in [-0.4, -0.2) is 22.4 Å². The fraction of sp³-hybridized carbons (Fsp3) is 0.417. The van der Waals surface area contributed by atoms with E-state index >= 15 is 0 Å². The van der Waals surface area contributed by atoms with Gasteiger partial charge in [0.25, 0.3) is 0 Å². The van der Waals surface area contributed by atoms with Crippen molar-refractivity contribution in [2.75, 3.05) is 0 Å². The first-order chi connectivity index (χ1) is 8.34. The highest BCUT2D eigenvalue weighted by Crippen LogP contribution is 2.33.